The monoisotopic (exact) mass is 1800 g/mol. The summed E-state index contributed by atoms with van der Waals surface area (Å²) in [7, 11) is -4.49. The molecule has 2 aromatic rings. The summed E-state index contributed by atoms with van der Waals surface area (Å²) in [4.78, 5) is 121. The third-order valence-electron chi connectivity index (χ3n) is 19.5. The van der Waals surface area contributed by atoms with Gasteiger partial charge >= 0.3 is 67.1 Å². The molecule has 16 atom stereocenters. The summed E-state index contributed by atoms with van der Waals surface area (Å²) in [5.41, 5.74) is 9.67. The number of amides is 1. The molecule has 1 amide bonds. The number of carbonyl (C=O) groups excluding carboxylic acids is 8. The van der Waals surface area contributed by atoms with Crippen LogP contribution in [0.5, 0.6) is 5.75 Å². The second-order valence-electron chi connectivity index (χ2n) is 29.9. The number of nitrogens with one attached hydrogen (secondary N) is 2. The van der Waals surface area contributed by atoms with E-state index in [1.54, 1.807) is 46.8 Å². The van der Waals surface area contributed by atoms with Crippen molar-refractivity contribution in [1.82, 2.24) is 34.7 Å². The van der Waals surface area contributed by atoms with E-state index < -0.39 is 214 Å². The van der Waals surface area contributed by atoms with Gasteiger partial charge in [-0.2, -0.15) is 27.6 Å². The fraction of sp³-hybridized carbons (Fsp3) is 0.544. The number of carbonyl (C=O) groups is 8. The van der Waals surface area contributed by atoms with Crippen LogP contribution in [0.1, 0.15) is 127 Å². The van der Waals surface area contributed by atoms with E-state index in [-0.39, 0.29) is 79.4 Å². The highest BCUT2D eigenvalue weighted by Crippen LogP contribution is 2.53. The van der Waals surface area contributed by atoms with Gasteiger partial charge in [0, 0.05) is 69.5 Å². The first-order valence-electron chi connectivity index (χ1n) is 38.9. The number of hydrogen-bond acceptors (Lipinski definition) is 36. The van der Waals surface area contributed by atoms with Crippen LogP contribution in [0.25, 0.3) is 0 Å². The number of aliphatic imine (C=N–C) groups is 2. The number of nitrogens with two attached hydrogens (primary N) is 4. The van der Waals surface area contributed by atoms with Gasteiger partial charge in [0.05, 0.1) is 18.6 Å². The minimum atomic E-state index is -4.49. The fourth-order valence-corrected chi connectivity index (χ4v) is 14.2. The van der Waals surface area contributed by atoms with Gasteiger partial charge in [0.25, 0.3) is 5.91 Å². The predicted molar refractivity (Wildman–Crippen MR) is 431 cm³/mol. The van der Waals surface area contributed by atoms with Gasteiger partial charge in [-0.25, -0.2) is 28.1 Å². The number of aromatic nitrogens is 2. The minimum Gasteiger partial charge on any atom is -0.462 e. The molecule has 0 saturated carbocycles. The van der Waals surface area contributed by atoms with Crippen LogP contribution >= 0.6 is 7.75 Å². The Kier molecular flexibility index (Phi) is 34.9. The predicted octanol–water partition coefficient (Wildman–Crippen LogP) is 5.18. The first kappa shape index (κ1) is 103. The summed E-state index contributed by atoms with van der Waals surface area (Å²) in [6.07, 6.45) is -4.13. The van der Waals surface area contributed by atoms with Gasteiger partial charge in [-0.1, -0.05) is 106 Å². The molecule has 4 fully saturated rings. The second kappa shape index (κ2) is 42.4. The molecule has 0 spiro atoms. The number of aliphatic hydroxyl groups is 3. The van der Waals surface area contributed by atoms with Gasteiger partial charge < -0.3 is 115 Å². The van der Waals surface area contributed by atoms with Crippen LogP contribution < -0.4 is 43.6 Å². The van der Waals surface area contributed by atoms with Gasteiger partial charge in [0.15, 0.2) is 41.0 Å². The van der Waals surface area contributed by atoms with Crippen LogP contribution in [-0.4, -0.2) is 239 Å². The van der Waals surface area contributed by atoms with E-state index in [1.807, 2.05) is 0 Å². The van der Waals surface area contributed by atoms with Gasteiger partial charge in [-0.15, -0.1) is 0 Å². The number of anilines is 1. The number of alkyl halides is 6. The van der Waals surface area contributed by atoms with Crippen LogP contribution in [-0.2, 0) is 106 Å². The summed E-state index contributed by atoms with van der Waals surface area (Å²) >= 11 is 0. The zero-order chi connectivity index (χ0) is 94.1. The lowest BCUT2D eigenvalue weighted by Gasteiger charge is -2.37. The molecule has 125 heavy (non-hydrogen) atoms. The molecule has 4 saturated heterocycles. The first-order chi connectivity index (χ1) is 58.4. The number of hydrogen-bond donors (Lipinski definition) is 9. The summed E-state index contributed by atoms with van der Waals surface area (Å²) in [5.74, 6) is -13.6. The van der Waals surface area contributed by atoms with E-state index in [2.05, 4.69) is 58.3 Å². The van der Waals surface area contributed by atoms with Crippen molar-refractivity contribution in [1.29, 1.82) is 0 Å². The van der Waals surface area contributed by atoms with Gasteiger partial charge in [-0.3, -0.25) is 47.4 Å². The molecular formula is C79H108F6N13O26P. The van der Waals surface area contributed by atoms with E-state index in [1.165, 1.54) is 101 Å². The molecular weight excluding hydrogens is 1690 g/mol. The molecule has 8 heterocycles. The van der Waals surface area contributed by atoms with Crippen molar-refractivity contribution in [3.8, 4) is 5.75 Å². The maximum atomic E-state index is 15.5. The molecule has 2 unspecified atom stereocenters. The van der Waals surface area contributed by atoms with Crippen molar-refractivity contribution in [3.05, 3.63) is 152 Å². The molecule has 7 aliphatic rings. The Morgan fingerprint density at radius 1 is 0.616 bits per heavy atom. The van der Waals surface area contributed by atoms with Gasteiger partial charge in [0.2, 0.25) is 24.7 Å². The van der Waals surface area contributed by atoms with Gasteiger partial charge in [0.1, 0.15) is 97.2 Å². The molecule has 1 aromatic carbocycles. The van der Waals surface area contributed by atoms with Crippen LogP contribution in [0.15, 0.2) is 151 Å². The van der Waals surface area contributed by atoms with E-state index >= 15 is 17.6 Å². The van der Waals surface area contributed by atoms with E-state index in [9.17, 15) is 71.8 Å². The van der Waals surface area contributed by atoms with Gasteiger partial charge in [-0.05, 0) is 70.5 Å². The smallest absolute Gasteiger partial charge is 0.459 e. The lowest BCUT2D eigenvalue weighted by molar-refractivity contribution is -0.184. The summed E-state index contributed by atoms with van der Waals surface area (Å²) in [6.45, 7) is 30.9. The summed E-state index contributed by atoms with van der Waals surface area (Å²) in [5, 5.41) is 38.2. The number of benzene rings is 1. The third kappa shape index (κ3) is 23.8. The maximum Gasteiger partial charge on any atom is 0.459 e. The average molecular weight is 1800 g/mol. The highest BCUT2D eigenvalue weighted by molar-refractivity contribution is 7.52. The van der Waals surface area contributed by atoms with Crippen LogP contribution in [0, 0.1) is 5.92 Å². The van der Waals surface area contributed by atoms with E-state index in [4.69, 9.17) is 84.1 Å². The zero-order valence-corrected chi connectivity index (χ0v) is 71.7. The van der Waals surface area contributed by atoms with Crippen molar-refractivity contribution in [2.75, 3.05) is 45.5 Å². The Labute approximate surface area is 715 Å². The summed E-state index contributed by atoms with van der Waals surface area (Å²) < 4.78 is 174. The molecule has 9 rings (SSSR count). The summed E-state index contributed by atoms with van der Waals surface area (Å²) in [6, 6.07) is 6.16. The van der Waals surface area contributed by atoms with Crippen molar-refractivity contribution >= 4 is 72.9 Å². The number of nitrogen functional groups attached to an aromatic ring is 1. The average Bonchev–Trinajstić information content (AvgIpc) is 1.59. The standard InChI is InChI=1S/C25H36FN4O9P.C19H25F2N3O5.C18H26FN3O6.C17H21F2N3O6/c1-15(2)37-21(32)16(3)29-40(35,39-19-8-6-18(12-27)7-9-19)36-14-25(13-26)22(33)24(5,34)23(38-25)30-11-10-20(31)28-17(30)4;1-6-14(25)27-10-18(7-2)16(28-15(26)11(3)4)19(20,21)17(29-18)24-9-8-13(22)23-12(24)5;1-5-13(23)26-10-18(9-19)15(27-14(24)6-2)17(4,25)16(28-18)22-8-7-12(20)21-11(22)3;1-4-11(23)26-9-16(6-3)13(27-12(24)5-2)17(18,19)14(28-16)22-8-7-10(20)21-15(22)25/h6-11,15-16,22-23,33-34H,4,12-14,27H2,1-3,5H3,(H,28,31)(H,29,35);7-9,11,16-17H,2,5-6,10H2,1,3-4H3,(H2,22,23);7-8,15-16,25H,3,5-6,9-10H2,1-2,4H3,(H2,20,21);6-8,13-14H,3-5,9H2,1-2H3,(H2,20,21,25)/t16?,22-,23+,24+,25+,40?;16-,17-,18-;15-,16+,17+,18+;13-,14-,16-/m0101/s1. The first-order valence-corrected chi connectivity index (χ1v) is 40.5. The molecule has 39 nitrogen and oxygen atoms in total. The number of esters is 7. The minimum absolute atomic E-state index is 0.00547. The number of rotatable bonds is 33. The Morgan fingerprint density at radius 3 is 1.53 bits per heavy atom. The van der Waals surface area contributed by atoms with Crippen molar-refractivity contribution < 1.29 is 146 Å². The number of amidine groups is 2. The molecule has 1 aromatic heterocycles. The highest BCUT2D eigenvalue weighted by atomic mass is 31.2. The quantitative estimate of drug-likeness (QED) is 0.0146. The number of halogens is 6. The Bertz CT molecular complexity index is 4590. The zero-order valence-electron chi connectivity index (χ0n) is 70.8. The van der Waals surface area contributed by atoms with Crippen molar-refractivity contribution in [2.45, 2.75) is 229 Å². The molecule has 0 aliphatic carbocycles. The maximum absolute atomic E-state index is 15.5. The number of aliphatic hydroxyl groups excluding tert-OH is 1. The lowest BCUT2D eigenvalue weighted by atomic mass is 9.87. The lowest BCUT2D eigenvalue weighted by Crippen LogP contribution is -2.57. The topological polar surface area (TPSA) is 532 Å². The SMILES string of the molecule is C=C1N=C(N)C=CN1[C@@H]1O[C@](CF)(COC(=O)CC)[C@@H](OC(=O)CC)[C@@]1(C)O.C=C1NC(=O)C=CN1[C@@H]1O[C@](CF)(COP(=O)(NC(C)C(=O)OC(C)C)Oc2ccc(CN)cc2)[C@@H](O)[C@@]1(C)O.C=C[C@]1(COC(=O)CC)O[C@@H](N2C=CC(N)=NC2=C)C(F)(F)[C@@H]1OC(=O)C(C)C.C=C[C@]1(COC(=O)CC)O[C@@H](n2ccc(N)nc2=O)C(F)(F)[C@@H]1OC(=O)CC. The van der Waals surface area contributed by atoms with Crippen LogP contribution in [0.3, 0.4) is 0 Å². The van der Waals surface area contributed by atoms with Crippen molar-refractivity contribution in [3.63, 3.8) is 0 Å². The number of nitrogens with zero attached hydrogens (tertiary/aromatic N) is 7. The van der Waals surface area contributed by atoms with Crippen LogP contribution in [0.2, 0.25) is 0 Å². The van der Waals surface area contributed by atoms with Crippen molar-refractivity contribution in [2.24, 2.45) is 33.1 Å². The van der Waals surface area contributed by atoms with E-state index in [0.717, 1.165) is 41.0 Å². The second-order valence-corrected chi connectivity index (χ2v) is 31.6. The third-order valence-corrected chi connectivity index (χ3v) is 21.1. The Hall–Kier alpha value is -10.9. The highest BCUT2D eigenvalue weighted by Gasteiger charge is 2.72. The molecule has 13 N–H and O–H groups in total. The number of ether oxygens (including phenoxy) is 11. The molecule has 0 radical (unpaired) electrons. The van der Waals surface area contributed by atoms with Crippen LogP contribution in [0.4, 0.5) is 32.2 Å². The normalized spacial score (nSPS) is 28.8. The Balaban J connectivity index is 0.000000261. The van der Waals surface area contributed by atoms with E-state index in [0.29, 0.717) is 4.57 Å². The largest absolute Gasteiger partial charge is 0.462 e. The molecule has 46 heteroatoms. The molecule has 7 aliphatic heterocycles. The molecule has 692 valence electrons. The fourth-order valence-electron chi connectivity index (χ4n) is 12.7. The Morgan fingerprint density at radius 2 is 1.07 bits per heavy atom. The molecule has 0 bridgehead atoms.